The first-order valence-corrected chi connectivity index (χ1v) is 11.6. The second-order valence-electron chi connectivity index (χ2n) is 8.47. The lowest BCUT2D eigenvalue weighted by Gasteiger charge is -2.32. The molecule has 2 aliphatic rings. The Labute approximate surface area is 197 Å². The molecule has 1 N–H and O–H groups in total. The molecule has 2 aromatic carbocycles. The number of rotatable bonds is 6. The second-order valence-corrected chi connectivity index (χ2v) is 8.47. The SMILES string of the molecule is CCN(CC)c1ccc(C2C3=C(CCCC3=O)Nc3nc(-c4cccc([N+](=O)[O-])c4)nn32)cc1. The smallest absolute Gasteiger partial charge is 0.270 e. The molecule has 1 unspecified atom stereocenters. The molecule has 1 aromatic heterocycles. The van der Waals surface area contributed by atoms with Crippen molar-refractivity contribution in [1.82, 2.24) is 14.8 Å². The van der Waals surface area contributed by atoms with Crippen LogP contribution < -0.4 is 10.2 Å². The maximum atomic E-state index is 13.0. The number of hydrogen-bond acceptors (Lipinski definition) is 7. The van der Waals surface area contributed by atoms with E-state index in [0.29, 0.717) is 23.8 Å². The van der Waals surface area contributed by atoms with E-state index in [0.717, 1.165) is 48.5 Å². The van der Waals surface area contributed by atoms with Crippen LogP contribution in [0.25, 0.3) is 11.4 Å². The fourth-order valence-corrected chi connectivity index (χ4v) is 4.80. The highest BCUT2D eigenvalue weighted by molar-refractivity contribution is 5.99. The van der Waals surface area contributed by atoms with E-state index in [-0.39, 0.29) is 11.5 Å². The summed E-state index contributed by atoms with van der Waals surface area (Å²) in [7, 11) is 0. The Bertz CT molecular complexity index is 1290. The number of allylic oxidation sites excluding steroid dienone is 2. The van der Waals surface area contributed by atoms with Gasteiger partial charge in [0.25, 0.3) is 5.69 Å². The fourth-order valence-electron chi connectivity index (χ4n) is 4.80. The van der Waals surface area contributed by atoms with E-state index in [2.05, 4.69) is 53.3 Å². The molecule has 34 heavy (non-hydrogen) atoms. The average Bonchev–Trinajstić information content (AvgIpc) is 3.28. The van der Waals surface area contributed by atoms with Gasteiger partial charge in [0, 0.05) is 54.2 Å². The number of nitro groups is 1. The summed E-state index contributed by atoms with van der Waals surface area (Å²) in [5.41, 5.74) is 4.23. The molecule has 9 heteroatoms. The lowest BCUT2D eigenvalue weighted by molar-refractivity contribution is -0.384. The van der Waals surface area contributed by atoms with Crippen LogP contribution >= 0.6 is 0 Å². The lowest BCUT2D eigenvalue weighted by Crippen LogP contribution is -2.31. The normalized spacial score (nSPS) is 17.1. The largest absolute Gasteiger partial charge is 0.372 e. The summed E-state index contributed by atoms with van der Waals surface area (Å²) in [5.74, 6) is 1.03. The summed E-state index contributed by atoms with van der Waals surface area (Å²) in [6.45, 7) is 6.08. The minimum absolute atomic E-state index is 0.0191. The van der Waals surface area contributed by atoms with Crippen molar-refractivity contribution in [2.45, 2.75) is 39.2 Å². The maximum Gasteiger partial charge on any atom is 0.270 e. The molecule has 3 aromatic rings. The molecular weight excluding hydrogens is 432 g/mol. The van der Waals surface area contributed by atoms with Gasteiger partial charge in [-0.25, -0.2) is 4.68 Å². The van der Waals surface area contributed by atoms with Gasteiger partial charge in [0.1, 0.15) is 6.04 Å². The van der Waals surface area contributed by atoms with E-state index in [1.54, 1.807) is 16.8 Å². The second kappa shape index (κ2) is 8.74. The third-order valence-corrected chi connectivity index (χ3v) is 6.52. The van der Waals surface area contributed by atoms with E-state index in [4.69, 9.17) is 5.10 Å². The van der Waals surface area contributed by atoms with Gasteiger partial charge in [-0.15, -0.1) is 5.10 Å². The number of non-ortho nitro benzene ring substituents is 1. The maximum absolute atomic E-state index is 13.0. The van der Waals surface area contributed by atoms with Crippen LogP contribution in [0.2, 0.25) is 0 Å². The van der Waals surface area contributed by atoms with E-state index < -0.39 is 11.0 Å². The van der Waals surface area contributed by atoms with E-state index in [1.807, 2.05) is 0 Å². The zero-order valence-electron chi connectivity index (χ0n) is 19.2. The van der Waals surface area contributed by atoms with Crippen LogP contribution in [0.4, 0.5) is 17.3 Å². The molecule has 0 spiro atoms. The zero-order valence-corrected chi connectivity index (χ0v) is 19.2. The van der Waals surface area contributed by atoms with Crippen LogP contribution in [-0.2, 0) is 4.79 Å². The molecule has 0 amide bonds. The summed E-state index contributed by atoms with van der Waals surface area (Å²) in [6.07, 6.45) is 2.08. The number of Topliss-reactive ketones (excluding diaryl/α,β-unsaturated/α-hetero) is 1. The van der Waals surface area contributed by atoms with Crippen LogP contribution in [0, 0.1) is 10.1 Å². The van der Waals surface area contributed by atoms with Crippen LogP contribution in [-0.4, -0.2) is 38.6 Å². The molecule has 0 saturated carbocycles. The van der Waals surface area contributed by atoms with Crippen molar-refractivity contribution < 1.29 is 9.72 Å². The summed E-state index contributed by atoms with van der Waals surface area (Å²) < 4.78 is 1.74. The number of carbonyl (C=O) groups excluding carboxylic acids is 1. The van der Waals surface area contributed by atoms with Crippen LogP contribution in [0.1, 0.15) is 44.7 Å². The molecule has 0 radical (unpaired) electrons. The Morgan fingerprint density at radius 3 is 2.62 bits per heavy atom. The Balaban J connectivity index is 1.60. The topological polar surface area (TPSA) is 106 Å². The number of fused-ring (bicyclic) bond motifs is 1. The lowest BCUT2D eigenvalue weighted by atomic mass is 9.85. The quantitative estimate of drug-likeness (QED) is 0.421. The van der Waals surface area contributed by atoms with Crippen LogP contribution in [0.5, 0.6) is 0 Å². The summed E-state index contributed by atoms with van der Waals surface area (Å²) in [6, 6.07) is 14.1. The van der Waals surface area contributed by atoms with Crippen molar-refractivity contribution in [3.8, 4) is 11.4 Å². The molecule has 1 aliphatic heterocycles. The molecule has 5 rings (SSSR count). The number of ketones is 1. The standard InChI is InChI=1S/C25H26N6O3/c1-3-29(4-2)18-13-11-16(12-14-18)23-22-20(9-6-10-21(22)32)26-25-27-24(28-30(23)25)17-7-5-8-19(15-17)31(33)34/h5,7-8,11-15,23H,3-4,6,9-10H2,1-2H3,(H,26,27,28). The molecule has 0 bridgehead atoms. The van der Waals surface area contributed by atoms with Gasteiger partial charge in [-0.3, -0.25) is 14.9 Å². The van der Waals surface area contributed by atoms with E-state index in [9.17, 15) is 14.9 Å². The van der Waals surface area contributed by atoms with Crippen molar-refractivity contribution >= 4 is 23.1 Å². The number of nitrogens with one attached hydrogen (secondary N) is 1. The molecule has 174 valence electrons. The summed E-state index contributed by atoms with van der Waals surface area (Å²) in [5, 5.41) is 19.3. The highest BCUT2D eigenvalue weighted by Crippen LogP contribution is 2.41. The molecular formula is C25H26N6O3. The zero-order chi connectivity index (χ0) is 23.8. The Hall–Kier alpha value is -4.01. The van der Waals surface area contributed by atoms with Gasteiger partial charge in [0.2, 0.25) is 5.95 Å². The van der Waals surface area contributed by atoms with E-state index in [1.165, 1.54) is 12.1 Å². The Kier molecular flexibility index (Phi) is 5.61. The highest BCUT2D eigenvalue weighted by Gasteiger charge is 2.37. The number of anilines is 2. The van der Waals surface area contributed by atoms with Gasteiger partial charge in [-0.2, -0.15) is 4.98 Å². The molecule has 0 saturated heterocycles. The fraction of sp³-hybridized carbons (Fsp3) is 0.320. The summed E-state index contributed by atoms with van der Waals surface area (Å²) >= 11 is 0. The first-order chi connectivity index (χ1) is 16.5. The van der Waals surface area contributed by atoms with Gasteiger partial charge in [-0.1, -0.05) is 24.3 Å². The van der Waals surface area contributed by atoms with Gasteiger partial charge in [-0.05, 0) is 44.4 Å². The Morgan fingerprint density at radius 1 is 1.15 bits per heavy atom. The molecule has 1 atom stereocenters. The Morgan fingerprint density at radius 2 is 1.91 bits per heavy atom. The molecule has 2 heterocycles. The predicted molar refractivity (Wildman–Crippen MR) is 130 cm³/mol. The minimum Gasteiger partial charge on any atom is -0.372 e. The minimum atomic E-state index is -0.434. The number of aromatic nitrogens is 3. The number of carbonyl (C=O) groups is 1. The van der Waals surface area contributed by atoms with Crippen LogP contribution in [0.15, 0.2) is 59.8 Å². The average molecular weight is 459 g/mol. The van der Waals surface area contributed by atoms with Crippen molar-refractivity contribution in [2.75, 3.05) is 23.3 Å². The molecule has 0 fully saturated rings. The number of nitrogens with zero attached hydrogens (tertiary/aromatic N) is 5. The number of benzene rings is 2. The van der Waals surface area contributed by atoms with Gasteiger partial charge >= 0.3 is 0 Å². The van der Waals surface area contributed by atoms with Crippen LogP contribution in [0.3, 0.4) is 0 Å². The van der Waals surface area contributed by atoms with Gasteiger partial charge in [0.15, 0.2) is 11.6 Å². The highest BCUT2D eigenvalue weighted by atomic mass is 16.6. The van der Waals surface area contributed by atoms with Crippen molar-refractivity contribution in [1.29, 1.82) is 0 Å². The number of hydrogen-bond donors (Lipinski definition) is 1. The molecule has 9 nitrogen and oxygen atoms in total. The predicted octanol–water partition coefficient (Wildman–Crippen LogP) is 4.72. The number of nitro benzene ring substituents is 1. The van der Waals surface area contributed by atoms with Crippen molar-refractivity contribution in [2.24, 2.45) is 0 Å². The van der Waals surface area contributed by atoms with Crippen molar-refractivity contribution in [3.63, 3.8) is 0 Å². The van der Waals surface area contributed by atoms with Gasteiger partial charge < -0.3 is 10.2 Å². The summed E-state index contributed by atoms with van der Waals surface area (Å²) in [4.78, 5) is 30.8. The monoisotopic (exact) mass is 458 g/mol. The third kappa shape index (κ3) is 3.72. The first kappa shape index (κ1) is 21.8. The first-order valence-electron chi connectivity index (χ1n) is 11.6. The third-order valence-electron chi connectivity index (χ3n) is 6.52. The van der Waals surface area contributed by atoms with Gasteiger partial charge in [0.05, 0.1) is 4.92 Å². The molecule has 1 aliphatic carbocycles. The van der Waals surface area contributed by atoms with E-state index >= 15 is 0 Å². The van der Waals surface area contributed by atoms with Crippen molar-refractivity contribution in [3.05, 3.63) is 75.5 Å².